The molecule has 100 valence electrons. The molecule has 1 amide bonds. The number of carbonyl (C=O) groups is 1. The minimum atomic E-state index is 0. The quantitative estimate of drug-likeness (QED) is 0.827. The van der Waals surface area contributed by atoms with Crippen LogP contribution in [-0.4, -0.2) is 29.4 Å². The molecule has 2 unspecified atom stereocenters. The van der Waals surface area contributed by atoms with Gasteiger partial charge in [-0.05, 0) is 38.0 Å². The van der Waals surface area contributed by atoms with Crippen LogP contribution in [-0.2, 0) is 4.79 Å². The van der Waals surface area contributed by atoms with Gasteiger partial charge in [0.15, 0.2) is 0 Å². The summed E-state index contributed by atoms with van der Waals surface area (Å²) < 4.78 is 0. The zero-order chi connectivity index (χ0) is 11.7. The number of nitrogens with zero attached hydrogens (tertiary/aromatic N) is 1. The van der Waals surface area contributed by atoms with Gasteiger partial charge in [0, 0.05) is 25.0 Å². The summed E-state index contributed by atoms with van der Waals surface area (Å²) >= 11 is 0. The molecule has 1 aliphatic carbocycles. The molecule has 2 rings (SSSR count). The van der Waals surface area contributed by atoms with Gasteiger partial charge in [-0.15, -0.1) is 12.4 Å². The van der Waals surface area contributed by atoms with Crippen molar-refractivity contribution in [1.29, 1.82) is 0 Å². The van der Waals surface area contributed by atoms with Crippen LogP contribution in [0.25, 0.3) is 0 Å². The fourth-order valence-electron chi connectivity index (χ4n) is 3.11. The summed E-state index contributed by atoms with van der Waals surface area (Å²) in [5, 5.41) is 0. The minimum Gasteiger partial charge on any atom is -0.340 e. The van der Waals surface area contributed by atoms with Gasteiger partial charge in [0.05, 0.1) is 0 Å². The van der Waals surface area contributed by atoms with Gasteiger partial charge in [-0.1, -0.05) is 13.3 Å². The van der Waals surface area contributed by atoms with Crippen LogP contribution in [0, 0.1) is 11.8 Å². The van der Waals surface area contributed by atoms with Crippen molar-refractivity contribution in [3.63, 3.8) is 0 Å². The molecule has 0 aromatic carbocycles. The maximum Gasteiger partial charge on any atom is 0.223 e. The van der Waals surface area contributed by atoms with Gasteiger partial charge < -0.3 is 10.6 Å². The Morgan fingerprint density at radius 2 is 2.00 bits per heavy atom. The lowest BCUT2D eigenvalue weighted by Crippen LogP contribution is -2.38. The topological polar surface area (TPSA) is 46.3 Å². The Bertz CT molecular complexity index is 272. The van der Waals surface area contributed by atoms with E-state index in [2.05, 4.69) is 18.7 Å². The van der Waals surface area contributed by atoms with E-state index in [1.807, 2.05) is 0 Å². The van der Waals surface area contributed by atoms with Crippen LogP contribution in [0.2, 0.25) is 0 Å². The number of hydrogen-bond donors (Lipinski definition) is 1. The van der Waals surface area contributed by atoms with Crippen LogP contribution in [0.1, 0.15) is 46.0 Å². The van der Waals surface area contributed by atoms with Crippen LogP contribution in [0.5, 0.6) is 0 Å². The minimum absolute atomic E-state index is 0. The smallest absolute Gasteiger partial charge is 0.223 e. The number of hydrogen-bond acceptors (Lipinski definition) is 2. The van der Waals surface area contributed by atoms with Gasteiger partial charge >= 0.3 is 0 Å². The number of nitrogens with two attached hydrogens (primary N) is 1. The largest absolute Gasteiger partial charge is 0.340 e. The summed E-state index contributed by atoms with van der Waals surface area (Å²) in [5.41, 5.74) is 6.02. The molecule has 0 bridgehead atoms. The van der Waals surface area contributed by atoms with E-state index < -0.39 is 0 Å². The van der Waals surface area contributed by atoms with Gasteiger partial charge in [-0.2, -0.15) is 0 Å². The van der Waals surface area contributed by atoms with Crippen molar-refractivity contribution in [2.75, 3.05) is 6.54 Å². The Kier molecular flexibility index (Phi) is 5.26. The van der Waals surface area contributed by atoms with Crippen LogP contribution in [0.4, 0.5) is 0 Å². The summed E-state index contributed by atoms with van der Waals surface area (Å²) in [5.74, 6) is 1.43. The second-order valence-corrected chi connectivity index (χ2v) is 5.65. The predicted octanol–water partition coefficient (Wildman–Crippen LogP) is 2.18. The SMILES string of the molecule is CC1CCN(C(=O)C[C@@H]2CCC[C@H]2N)C1C.Cl. The Balaban J connectivity index is 0.00000144. The first kappa shape index (κ1) is 14.8. The van der Waals surface area contributed by atoms with Crippen molar-refractivity contribution in [2.24, 2.45) is 17.6 Å². The Hall–Kier alpha value is -0.280. The molecule has 1 heterocycles. The lowest BCUT2D eigenvalue weighted by molar-refractivity contribution is -0.133. The molecule has 2 aliphatic rings. The highest BCUT2D eigenvalue weighted by Gasteiger charge is 2.33. The standard InChI is InChI=1S/C13H24N2O.ClH/c1-9-6-7-15(10(9)2)13(16)8-11-4-3-5-12(11)14;/h9-12H,3-8,14H2,1-2H3;1H/t9?,10?,11-,12+;/m0./s1. The normalized spacial score (nSPS) is 37.0. The molecule has 4 heteroatoms. The van der Waals surface area contributed by atoms with Gasteiger partial charge in [0.25, 0.3) is 0 Å². The van der Waals surface area contributed by atoms with E-state index >= 15 is 0 Å². The molecule has 4 atom stereocenters. The van der Waals surface area contributed by atoms with Crippen molar-refractivity contribution in [3.8, 4) is 0 Å². The highest BCUT2D eigenvalue weighted by molar-refractivity contribution is 5.85. The maximum absolute atomic E-state index is 12.2. The highest BCUT2D eigenvalue weighted by atomic mass is 35.5. The van der Waals surface area contributed by atoms with E-state index in [4.69, 9.17) is 5.73 Å². The van der Waals surface area contributed by atoms with Crippen LogP contribution < -0.4 is 5.73 Å². The van der Waals surface area contributed by atoms with E-state index in [1.165, 1.54) is 6.42 Å². The number of likely N-dealkylation sites (tertiary alicyclic amines) is 1. The second kappa shape index (κ2) is 6.05. The lowest BCUT2D eigenvalue weighted by Gasteiger charge is -2.25. The number of halogens is 1. The third-order valence-corrected chi connectivity index (χ3v) is 4.62. The molecule has 17 heavy (non-hydrogen) atoms. The summed E-state index contributed by atoms with van der Waals surface area (Å²) in [6, 6.07) is 0.685. The monoisotopic (exact) mass is 260 g/mol. The Morgan fingerprint density at radius 1 is 1.29 bits per heavy atom. The van der Waals surface area contributed by atoms with Gasteiger partial charge in [0.1, 0.15) is 0 Å². The summed E-state index contributed by atoms with van der Waals surface area (Å²) in [4.78, 5) is 14.2. The van der Waals surface area contributed by atoms with Crippen molar-refractivity contribution < 1.29 is 4.79 Å². The molecule has 1 aliphatic heterocycles. The van der Waals surface area contributed by atoms with Crippen LogP contribution >= 0.6 is 12.4 Å². The zero-order valence-corrected chi connectivity index (χ0v) is 11.7. The van der Waals surface area contributed by atoms with Crippen molar-refractivity contribution >= 4 is 18.3 Å². The van der Waals surface area contributed by atoms with E-state index in [0.717, 1.165) is 25.8 Å². The lowest BCUT2D eigenvalue weighted by atomic mass is 9.99. The van der Waals surface area contributed by atoms with Crippen molar-refractivity contribution in [3.05, 3.63) is 0 Å². The summed E-state index contributed by atoms with van der Waals surface area (Å²) in [6.07, 6.45) is 5.28. The average Bonchev–Trinajstić information content (AvgIpc) is 2.77. The number of carbonyl (C=O) groups excluding carboxylic acids is 1. The molecule has 2 fully saturated rings. The van der Waals surface area contributed by atoms with Crippen LogP contribution in [0.3, 0.4) is 0 Å². The van der Waals surface area contributed by atoms with E-state index in [9.17, 15) is 4.79 Å². The molecule has 1 saturated heterocycles. The van der Waals surface area contributed by atoms with E-state index in [-0.39, 0.29) is 18.4 Å². The Morgan fingerprint density at radius 3 is 2.47 bits per heavy atom. The van der Waals surface area contributed by atoms with E-state index in [0.29, 0.717) is 30.2 Å². The van der Waals surface area contributed by atoms with Crippen molar-refractivity contribution in [2.45, 2.75) is 58.0 Å². The number of rotatable bonds is 2. The first-order valence-corrected chi connectivity index (χ1v) is 6.64. The molecule has 0 aromatic heterocycles. The third kappa shape index (κ3) is 3.14. The van der Waals surface area contributed by atoms with Crippen LogP contribution in [0.15, 0.2) is 0 Å². The zero-order valence-electron chi connectivity index (χ0n) is 10.9. The first-order chi connectivity index (χ1) is 7.59. The predicted molar refractivity (Wildman–Crippen MR) is 72.1 cm³/mol. The third-order valence-electron chi connectivity index (χ3n) is 4.62. The molecule has 2 N–H and O–H groups in total. The number of amides is 1. The molecular weight excluding hydrogens is 236 g/mol. The van der Waals surface area contributed by atoms with Gasteiger partial charge in [-0.3, -0.25) is 4.79 Å². The molecule has 0 aromatic rings. The maximum atomic E-state index is 12.2. The summed E-state index contributed by atoms with van der Waals surface area (Å²) in [6.45, 7) is 5.35. The second-order valence-electron chi connectivity index (χ2n) is 5.65. The Labute approximate surface area is 111 Å². The highest BCUT2D eigenvalue weighted by Crippen LogP contribution is 2.30. The van der Waals surface area contributed by atoms with Crippen molar-refractivity contribution in [1.82, 2.24) is 4.90 Å². The van der Waals surface area contributed by atoms with Gasteiger partial charge in [0.2, 0.25) is 5.91 Å². The first-order valence-electron chi connectivity index (χ1n) is 6.64. The molecule has 0 spiro atoms. The fraction of sp³-hybridized carbons (Fsp3) is 0.923. The molecular formula is C13H25ClN2O. The molecule has 3 nitrogen and oxygen atoms in total. The summed E-state index contributed by atoms with van der Waals surface area (Å²) in [7, 11) is 0. The molecule has 0 radical (unpaired) electrons. The average molecular weight is 261 g/mol. The van der Waals surface area contributed by atoms with E-state index in [1.54, 1.807) is 0 Å². The fourth-order valence-corrected chi connectivity index (χ4v) is 3.11. The van der Waals surface area contributed by atoms with Gasteiger partial charge in [-0.25, -0.2) is 0 Å². The molecule has 1 saturated carbocycles.